The summed E-state index contributed by atoms with van der Waals surface area (Å²) in [5.74, 6) is -1.00. The molecule has 0 aliphatic heterocycles. The first-order valence-electron chi connectivity index (χ1n) is 8.87. The minimum atomic E-state index is -0.871. The van der Waals surface area contributed by atoms with E-state index in [9.17, 15) is 19.6 Å². The molecule has 1 aromatic carbocycles. The summed E-state index contributed by atoms with van der Waals surface area (Å²) in [5, 5.41) is 18.6. The Bertz CT molecular complexity index is 839. The number of aliphatic hydroxyl groups is 1. The van der Waals surface area contributed by atoms with Crippen molar-refractivity contribution in [2.45, 2.75) is 45.8 Å². The van der Waals surface area contributed by atoms with Crippen molar-refractivity contribution >= 4 is 39.0 Å². The number of carbonyl (C=O) groups is 2. The molecular weight excluding hydrogens is 384 g/mol. The van der Waals surface area contributed by atoms with Crippen LogP contribution >= 0.6 is 11.3 Å². The number of esters is 1. The molecule has 0 fully saturated rings. The summed E-state index contributed by atoms with van der Waals surface area (Å²) in [7, 11) is 0. The molecular formula is C18H22N4O5S. The molecule has 0 saturated heterocycles. The smallest absolute Gasteiger partial charge is 0.311 e. The van der Waals surface area contributed by atoms with Gasteiger partial charge in [0.05, 0.1) is 11.9 Å². The van der Waals surface area contributed by atoms with E-state index < -0.39 is 18.1 Å². The Kier molecular flexibility index (Phi) is 8.02. The number of ether oxygens (including phenoxy) is 1. The summed E-state index contributed by atoms with van der Waals surface area (Å²) in [6, 6.07) is 4.72. The number of hydrogen-bond acceptors (Lipinski definition) is 9. The van der Waals surface area contributed by atoms with Gasteiger partial charge in [0.1, 0.15) is 17.5 Å². The first-order valence-corrected chi connectivity index (χ1v) is 9.68. The molecule has 1 unspecified atom stereocenters. The number of aliphatic hydroxyl groups excluding tert-OH is 1. The first kappa shape index (κ1) is 21.5. The van der Waals surface area contributed by atoms with Gasteiger partial charge in [0.2, 0.25) is 0 Å². The summed E-state index contributed by atoms with van der Waals surface area (Å²) in [5.41, 5.74) is 0.364. The van der Waals surface area contributed by atoms with Crippen molar-refractivity contribution in [3.8, 4) is 5.75 Å². The van der Waals surface area contributed by atoms with E-state index >= 15 is 0 Å². The van der Waals surface area contributed by atoms with Gasteiger partial charge in [-0.3, -0.25) is 14.9 Å². The topological polar surface area (TPSA) is 130 Å². The van der Waals surface area contributed by atoms with Crippen molar-refractivity contribution in [1.82, 2.24) is 4.98 Å². The fourth-order valence-corrected chi connectivity index (χ4v) is 2.99. The van der Waals surface area contributed by atoms with Gasteiger partial charge < -0.3 is 15.2 Å². The maximum atomic E-state index is 12.9. The SMILES string of the molecule is CCCC(=O)Oc1cccc(NC(O)CCC)c1C(=O)Nc1ncc(N=O)s1. The summed E-state index contributed by atoms with van der Waals surface area (Å²) in [6.45, 7) is 3.76. The number of anilines is 2. The molecule has 1 atom stereocenters. The fraction of sp³-hybridized carbons (Fsp3) is 0.389. The van der Waals surface area contributed by atoms with Crippen LogP contribution in [0.15, 0.2) is 29.6 Å². The van der Waals surface area contributed by atoms with E-state index in [0.29, 0.717) is 18.5 Å². The third kappa shape index (κ3) is 5.83. The van der Waals surface area contributed by atoms with Crippen LogP contribution < -0.4 is 15.4 Å². The molecule has 1 heterocycles. The lowest BCUT2D eigenvalue weighted by Crippen LogP contribution is -2.23. The number of benzene rings is 1. The van der Waals surface area contributed by atoms with Crippen LogP contribution in [-0.2, 0) is 4.79 Å². The lowest BCUT2D eigenvalue weighted by atomic mass is 10.1. The maximum Gasteiger partial charge on any atom is 0.311 e. The average molecular weight is 406 g/mol. The number of nitrogens with one attached hydrogen (secondary N) is 2. The van der Waals surface area contributed by atoms with Crippen LogP contribution in [0.5, 0.6) is 5.75 Å². The zero-order chi connectivity index (χ0) is 20.5. The van der Waals surface area contributed by atoms with Gasteiger partial charge in [0.15, 0.2) is 10.1 Å². The number of hydrogen-bond donors (Lipinski definition) is 3. The molecule has 0 aliphatic rings. The van der Waals surface area contributed by atoms with E-state index in [1.54, 1.807) is 12.1 Å². The quantitative estimate of drug-likeness (QED) is 0.235. The lowest BCUT2D eigenvalue weighted by Gasteiger charge is -2.18. The van der Waals surface area contributed by atoms with Crippen molar-refractivity contribution in [3.05, 3.63) is 34.9 Å². The molecule has 0 bridgehead atoms. The predicted octanol–water partition coefficient (Wildman–Crippen LogP) is 4.03. The largest absolute Gasteiger partial charge is 0.426 e. The molecule has 0 radical (unpaired) electrons. The minimum absolute atomic E-state index is 0.0536. The second kappa shape index (κ2) is 10.5. The van der Waals surface area contributed by atoms with Crippen LogP contribution in [0.3, 0.4) is 0 Å². The monoisotopic (exact) mass is 406 g/mol. The van der Waals surface area contributed by atoms with E-state index in [-0.39, 0.29) is 27.9 Å². The predicted molar refractivity (Wildman–Crippen MR) is 107 cm³/mol. The van der Waals surface area contributed by atoms with E-state index in [0.717, 1.165) is 17.8 Å². The molecule has 28 heavy (non-hydrogen) atoms. The molecule has 150 valence electrons. The Morgan fingerprint density at radius 2 is 2.11 bits per heavy atom. The average Bonchev–Trinajstić information content (AvgIpc) is 3.09. The van der Waals surface area contributed by atoms with Crippen LogP contribution in [0.4, 0.5) is 15.8 Å². The van der Waals surface area contributed by atoms with Crippen LogP contribution in [0.25, 0.3) is 0 Å². The summed E-state index contributed by atoms with van der Waals surface area (Å²) >= 11 is 0.912. The summed E-state index contributed by atoms with van der Waals surface area (Å²) in [6.07, 6.45) is 2.39. The Labute approximate surface area is 166 Å². The molecule has 0 spiro atoms. The molecule has 9 nitrogen and oxygen atoms in total. The van der Waals surface area contributed by atoms with Crippen molar-refractivity contribution in [3.63, 3.8) is 0 Å². The summed E-state index contributed by atoms with van der Waals surface area (Å²) < 4.78 is 5.35. The van der Waals surface area contributed by atoms with E-state index in [1.807, 2.05) is 13.8 Å². The maximum absolute atomic E-state index is 12.9. The van der Waals surface area contributed by atoms with Crippen molar-refractivity contribution in [2.24, 2.45) is 5.18 Å². The van der Waals surface area contributed by atoms with Gasteiger partial charge in [-0.25, -0.2) is 4.98 Å². The zero-order valence-corrected chi connectivity index (χ0v) is 16.4. The number of amides is 1. The molecule has 2 aromatic rings. The number of carbonyl (C=O) groups excluding carboxylic acids is 2. The molecule has 2 rings (SSSR count). The number of nitrogens with zero attached hydrogens (tertiary/aromatic N) is 2. The van der Waals surface area contributed by atoms with Gasteiger partial charge in [-0.1, -0.05) is 37.7 Å². The molecule has 10 heteroatoms. The molecule has 0 saturated carbocycles. The lowest BCUT2D eigenvalue weighted by molar-refractivity contribution is -0.134. The van der Waals surface area contributed by atoms with Gasteiger partial charge in [-0.05, 0) is 30.2 Å². The van der Waals surface area contributed by atoms with E-state index in [2.05, 4.69) is 20.8 Å². The second-order valence-corrected chi connectivity index (χ2v) is 6.91. The fourth-order valence-electron chi connectivity index (χ4n) is 2.40. The number of thiazole rings is 1. The van der Waals surface area contributed by atoms with Gasteiger partial charge >= 0.3 is 5.97 Å². The van der Waals surface area contributed by atoms with Crippen LogP contribution in [0, 0.1) is 4.91 Å². The highest BCUT2D eigenvalue weighted by atomic mass is 32.1. The minimum Gasteiger partial charge on any atom is -0.426 e. The van der Waals surface area contributed by atoms with Crippen molar-refractivity contribution in [2.75, 3.05) is 10.6 Å². The van der Waals surface area contributed by atoms with Crippen LogP contribution in [0.1, 0.15) is 49.9 Å². The molecule has 1 aromatic heterocycles. The van der Waals surface area contributed by atoms with Crippen LogP contribution in [-0.4, -0.2) is 28.2 Å². The van der Waals surface area contributed by atoms with Gasteiger partial charge in [-0.15, -0.1) is 4.91 Å². The second-order valence-electron chi connectivity index (χ2n) is 5.90. The highest BCUT2D eigenvalue weighted by Gasteiger charge is 2.22. The van der Waals surface area contributed by atoms with Crippen molar-refractivity contribution in [1.29, 1.82) is 0 Å². The molecule has 1 amide bonds. The summed E-state index contributed by atoms with van der Waals surface area (Å²) in [4.78, 5) is 39.3. The Morgan fingerprint density at radius 1 is 1.32 bits per heavy atom. The Hall–Kier alpha value is -2.85. The third-order valence-electron chi connectivity index (χ3n) is 3.62. The Balaban J connectivity index is 2.35. The third-order valence-corrected chi connectivity index (χ3v) is 4.41. The normalized spacial score (nSPS) is 11.5. The molecule has 3 N–H and O–H groups in total. The van der Waals surface area contributed by atoms with Gasteiger partial charge in [0.25, 0.3) is 5.91 Å². The van der Waals surface area contributed by atoms with Crippen LogP contribution in [0.2, 0.25) is 0 Å². The van der Waals surface area contributed by atoms with E-state index in [4.69, 9.17) is 4.74 Å². The zero-order valence-electron chi connectivity index (χ0n) is 15.6. The standard InChI is InChI=1S/C18H22N4O5S/c1-3-6-13(23)20-11-8-5-9-12(27-15(24)7-4-2)16(11)17(25)21-18-19-10-14(22-26)28-18/h5,8-10,13,20,23H,3-4,6-7H2,1-2H3,(H,19,21,25). The first-order chi connectivity index (χ1) is 13.5. The highest BCUT2D eigenvalue weighted by molar-refractivity contribution is 7.19. The number of rotatable bonds is 10. The van der Waals surface area contributed by atoms with E-state index in [1.165, 1.54) is 12.3 Å². The van der Waals surface area contributed by atoms with Gasteiger partial charge in [-0.2, -0.15) is 0 Å². The Morgan fingerprint density at radius 3 is 2.75 bits per heavy atom. The van der Waals surface area contributed by atoms with Gasteiger partial charge in [0, 0.05) is 6.42 Å². The molecule has 0 aliphatic carbocycles. The highest BCUT2D eigenvalue weighted by Crippen LogP contribution is 2.31. The van der Waals surface area contributed by atoms with Crippen molar-refractivity contribution < 1.29 is 19.4 Å². The number of aromatic nitrogens is 1. The number of nitroso groups, excluding NO2 is 1.